The SMILES string of the molecule is CCSC1CCC(NC(=O)c2cc(C)c(Br)s2)C1. The Kier molecular flexibility index (Phi) is 5.15. The van der Waals surface area contributed by atoms with Crippen LogP contribution in [0.5, 0.6) is 0 Å². The van der Waals surface area contributed by atoms with Crippen molar-refractivity contribution in [2.45, 2.75) is 44.4 Å². The maximum absolute atomic E-state index is 12.1. The van der Waals surface area contributed by atoms with Crippen molar-refractivity contribution in [3.05, 3.63) is 20.3 Å². The Morgan fingerprint density at radius 2 is 2.39 bits per heavy atom. The quantitative estimate of drug-likeness (QED) is 0.883. The van der Waals surface area contributed by atoms with Crippen molar-refractivity contribution in [2.75, 3.05) is 5.75 Å². The zero-order valence-electron chi connectivity index (χ0n) is 10.7. The van der Waals surface area contributed by atoms with E-state index in [1.54, 1.807) is 0 Å². The third kappa shape index (κ3) is 3.52. The van der Waals surface area contributed by atoms with E-state index in [4.69, 9.17) is 0 Å². The second-order valence-corrected chi connectivity index (χ2v) is 8.58. The highest BCUT2D eigenvalue weighted by Crippen LogP contribution is 2.31. The minimum Gasteiger partial charge on any atom is -0.349 e. The summed E-state index contributed by atoms with van der Waals surface area (Å²) in [5.74, 6) is 1.25. The molecular weight excluding hydrogens is 330 g/mol. The number of carbonyl (C=O) groups is 1. The van der Waals surface area contributed by atoms with Crippen molar-refractivity contribution in [3.63, 3.8) is 0 Å². The van der Waals surface area contributed by atoms with Gasteiger partial charge in [-0.05, 0) is 59.5 Å². The number of hydrogen-bond donors (Lipinski definition) is 1. The lowest BCUT2D eigenvalue weighted by Gasteiger charge is -2.12. The molecule has 18 heavy (non-hydrogen) atoms. The number of thiophene rings is 1. The Morgan fingerprint density at radius 1 is 1.61 bits per heavy atom. The Bertz CT molecular complexity index is 413. The number of aryl methyl sites for hydroxylation is 1. The van der Waals surface area contributed by atoms with Gasteiger partial charge in [0, 0.05) is 11.3 Å². The van der Waals surface area contributed by atoms with Crippen LogP contribution in [0.2, 0.25) is 0 Å². The third-order valence-corrected chi connectivity index (χ3v) is 6.57. The molecule has 100 valence electrons. The van der Waals surface area contributed by atoms with Gasteiger partial charge >= 0.3 is 0 Å². The van der Waals surface area contributed by atoms with E-state index >= 15 is 0 Å². The van der Waals surface area contributed by atoms with Gasteiger partial charge in [0.25, 0.3) is 5.91 Å². The molecule has 2 nitrogen and oxygen atoms in total. The summed E-state index contributed by atoms with van der Waals surface area (Å²) in [6.45, 7) is 4.21. The fourth-order valence-corrected chi connectivity index (χ4v) is 4.87. The Balaban J connectivity index is 1.88. The second-order valence-electron chi connectivity index (χ2n) is 4.63. The molecule has 1 fully saturated rings. The summed E-state index contributed by atoms with van der Waals surface area (Å²) in [7, 11) is 0. The Morgan fingerprint density at radius 3 is 3.00 bits per heavy atom. The lowest BCUT2D eigenvalue weighted by atomic mass is 10.2. The van der Waals surface area contributed by atoms with Gasteiger partial charge in [0.2, 0.25) is 0 Å². The topological polar surface area (TPSA) is 29.1 Å². The molecule has 2 unspecified atom stereocenters. The highest BCUT2D eigenvalue weighted by molar-refractivity contribution is 9.11. The van der Waals surface area contributed by atoms with Gasteiger partial charge in [0.05, 0.1) is 8.66 Å². The van der Waals surface area contributed by atoms with Crippen LogP contribution in [0.25, 0.3) is 0 Å². The first-order chi connectivity index (χ1) is 8.60. The predicted molar refractivity (Wildman–Crippen MR) is 83.8 cm³/mol. The van der Waals surface area contributed by atoms with Crippen LogP contribution in [0.15, 0.2) is 9.85 Å². The average molecular weight is 348 g/mol. The Labute approximate surface area is 125 Å². The maximum atomic E-state index is 12.1. The number of rotatable bonds is 4. The van der Waals surface area contributed by atoms with Crippen LogP contribution in [0.3, 0.4) is 0 Å². The predicted octanol–water partition coefficient (Wildman–Crippen LogP) is 4.22. The highest BCUT2D eigenvalue weighted by Gasteiger charge is 2.26. The van der Waals surface area contributed by atoms with Crippen LogP contribution in [0.4, 0.5) is 0 Å². The van der Waals surface area contributed by atoms with E-state index in [2.05, 4.69) is 28.2 Å². The minimum atomic E-state index is 0.0842. The first-order valence-electron chi connectivity index (χ1n) is 6.28. The van der Waals surface area contributed by atoms with Crippen molar-refractivity contribution < 1.29 is 4.79 Å². The van der Waals surface area contributed by atoms with Gasteiger partial charge < -0.3 is 5.32 Å². The van der Waals surface area contributed by atoms with Crippen LogP contribution >= 0.6 is 39.0 Å². The Hall–Kier alpha value is -0.0000000000000000833. The molecule has 1 amide bonds. The number of carbonyl (C=O) groups excluding carboxylic acids is 1. The van der Waals surface area contributed by atoms with Gasteiger partial charge in [0.1, 0.15) is 0 Å². The van der Waals surface area contributed by atoms with Crippen molar-refractivity contribution in [1.29, 1.82) is 0 Å². The summed E-state index contributed by atoms with van der Waals surface area (Å²) in [6, 6.07) is 2.32. The van der Waals surface area contributed by atoms with E-state index in [0.717, 1.165) is 32.3 Å². The molecule has 0 bridgehead atoms. The second kappa shape index (κ2) is 6.44. The standard InChI is InChI=1S/C13H18BrNOS2/c1-3-17-10-5-4-9(7-10)15-13(16)11-6-8(2)12(14)18-11/h6,9-10H,3-5,7H2,1-2H3,(H,15,16). The van der Waals surface area contributed by atoms with Gasteiger partial charge in [-0.1, -0.05) is 6.92 Å². The lowest BCUT2D eigenvalue weighted by molar-refractivity contribution is 0.0942. The molecule has 1 aromatic rings. The van der Waals surface area contributed by atoms with Crippen LogP contribution in [0.1, 0.15) is 41.4 Å². The number of nitrogens with one attached hydrogen (secondary N) is 1. The van der Waals surface area contributed by atoms with Gasteiger partial charge in [-0.15, -0.1) is 11.3 Å². The van der Waals surface area contributed by atoms with Crippen molar-refractivity contribution in [2.24, 2.45) is 0 Å². The maximum Gasteiger partial charge on any atom is 0.261 e. The monoisotopic (exact) mass is 347 g/mol. The smallest absolute Gasteiger partial charge is 0.261 e. The van der Waals surface area contributed by atoms with Crippen molar-refractivity contribution in [3.8, 4) is 0 Å². The molecule has 0 saturated heterocycles. The normalized spacial score (nSPS) is 23.3. The van der Waals surface area contributed by atoms with E-state index < -0.39 is 0 Å². The highest BCUT2D eigenvalue weighted by atomic mass is 79.9. The zero-order valence-corrected chi connectivity index (χ0v) is 13.9. The zero-order chi connectivity index (χ0) is 13.1. The summed E-state index contributed by atoms with van der Waals surface area (Å²) in [4.78, 5) is 12.9. The molecule has 2 atom stereocenters. The fraction of sp³-hybridized carbons (Fsp3) is 0.615. The average Bonchev–Trinajstić information content (AvgIpc) is 2.88. The molecule has 0 spiro atoms. The van der Waals surface area contributed by atoms with Crippen molar-refractivity contribution in [1.82, 2.24) is 5.32 Å². The molecule has 0 aromatic carbocycles. The minimum absolute atomic E-state index is 0.0842. The van der Waals surface area contributed by atoms with Crippen LogP contribution in [-0.4, -0.2) is 23.0 Å². The molecule has 0 radical (unpaired) electrons. The molecule has 1 aromatic heterocycles. The summed E-state index contributed by atoms with van der Waals surface area (Å²) in [5, 5.41) is 3.89. The number of amides is 1. The number of halogens is 1. The molecule has 1 aliphatic rings. The summed E-state index contributed by atoms with van der Waals surface area (Å²) < 4.78 is 1.05. The summed E-state index contributed by atoms with van der Waals surface area (Å²) in [5.41, 5.74) is 1.14. The van der Waals surface area contributed by atoms with Gasteiger partial charge in [-0.25, -0.2) is 0 Å². The molecule has 1 heterocycles. The van der Waals surface area contributed by atoms with E-state index in [9.17, 15) is 4.79 Å². The third-order valence-electron chi connectivity index (χ3n) is 3.20. The molecule has 1 aliphatic carbocycles. The van der Waals surface area contributed by atoms with Crippen molar-refractivity contribution >= 4 is 44.9 Å². The number of hydrogen-bond acceptors (Lipinski definition) is 3. The van der Waals surface area contributed by atoms with E-state index in [-0.39, 0.29) is 5.91 Å². The summed E-state index contributed by atoms with van der Waals surface area (Å²) >= 11 is 6.99. The van der Waals surface area contributed by atoms with Gasteiger partial charge in [-0.3, -0.25) is 4.79 Å². The van der Waals surface area contributed by atoms with E-state index in [1.807, 2.05) is 24.8 Å². The molecule has 1 saturated carbocycles. The van der Waals surface area contributed by atoms with Gasteiger partial charge in [0.15, 0.2) is 0 Å². The van der Waals surface area contributed by atoms with Crippen LogP contribution in [0, 0.1) is 6.92 Å². The first-order valence-corrected chi connectivity index (χ1v) is 8.94. The lowest BCUT2D eigenvalue weighted by Crippen LogP contribution is -2.32. The first kappa shape index (κ1) is 14.4. The molecule has 0 aliphatic heterocycles. The molecule has 5 heteroatoms. The molecule has 1 N–H and O–H groups in total. The van der Waals surface area contributed by atoms with Crippen LogP contribution in [-0.2, 0) is 0 Å². The number of thioether (sulfide) groups is 1. The fourth-order valence-electron chi connectivity index (χ4n) is 2.29. The molecule has 2 rings (SSSR count). The van der Waals surface area contributed by atoms with E-state index in [1.165, 1.54) is 23.5 Å². The van der Waals surface area contributed by atoms with Gasteiger partial charge in [-0.2, -0.15) is 11.8 Å². The summed E-state index contributed by atoms with van der Waals surface area (Å²) in [6.07, 6.45) is 3.47. The molecular formula is C13H18BrNOS2. The van der Waals surface area contributed by atoms with E-state index in [0.29, 0.717) is 6.04 Å². The van der Waals surface area contributed by atoms with Crippen LogP contribution < -0.4 is 5.32 Å². The largest absolute Gasteiger partial charge is 0.349 e.